The summed E-state index contributed by atoms with van der Waals surface area (Å²) in [5.41, 5.74) is 0.337. The van der Waals surface area contributed by atoms with Crippen LogP contribution in [0.15, 0.2) is 48.7 Å². The highest BCUT2D eigenvalue weighted by molar-refractivity contribution is 5.89. The van der Waals surface area contributed by atoms with Gasteiger partial charge in [0, 0.05) is 39.4 Å². The fourth-order valence-electron chi connectivity index (χ4n) is 3.57. The molecule has 1 aromatic heterocycles. The van der Waals surface area contributed by atoms with Gasteiger partial charge in [0.15, 0.2) is 0 Å². The molecule has 0 aliphatic carbocycles. The minimum absolute atomic E-state index is 0.0312. The van der Waals surface area contributed by atoms with Crippen LogP contribution >= 0.6 is 0 Å². The standard InChI is InChI=1S/C22H24F3N3O3/c1-31-10-9-27(15-19-7-2-3-8-26-19)21(30)17-12-20(29)28(14-17)13-16-5-4-6-18(11-16)22(23,24)25/h2-8,11,17H,9-10,12-15H2,1H3. The second-order valence-corrected chi connectivity index (χ2v) is 7.45. The number of aromatic nitrogens is 1. The number of carbonyl (C=O) groups is 2. The molecule has 0 bridgehead atoms. The van der Waals surface area contributed by atoms with Crippen LogP contribution in [-0.2, 0) is 33.6 Å². The Bertz CT molecular complexity index is 906. The van der Waals surface area contributed by atoms with E-state index in [1.807, 2.05) is 12.1 Å². The smallest absolute Gasteiger partial charge is 0.383 e. The number of carbonyl (C=O) groups excluding carboxylic acids is 2. The van der Waals surface area contributed by atoms with Crippen molar-refractivity contribution in [1.82, 2.24) is 14.8 Å². The number of hydrogen-bond donors (Lipinski definition) is 0. The summed E-state index contributed by atoms with van der Waals surface area (Å²) in [5.74, 6) is -0.998. The first-order valence-electron chi connectivity index (χ1n) is 9.89. The lowest BCUT2D eigenvalue weighted by Gasteiger charge is -2.25. The average Bonchev–Trinajstić information content (AvgIpc) is 3.11. The van der Waals surface area contributed by atoms with Gasteiger partial charge in [0.1, 0.15) is 0 Å². The molecule has 31 heavy (non-hydrogen) atoms. The van der Waals surface area contributed by atoms with Crippen molar-refractivity contribution in [3.8, 4) is 0 Å². The normalized spacial score (nSPS) is 16.6. The van der Waals surface area contributed by atoms with Crippen LogP contribution in [0.5, 0.6) is 0 Å². The highest BCUT2D eigenvalue weighted by atomic mass is 19.4. The van der Waals surface area contributed by atoms with Gasteiger partial charge >= 0.3 is 6.18 Å². The van der Waals surface area contributed by atoms with Crippen LogP contribution in [0, 0.1) is 5.92 Å². The van der Waals surface area contributed by atoms with Crippen molar-refractivity contribution in [3.05, 3.63) is 65.5 Å². The molecular weight excluding hydrogens is 411 g/mol. The Morgan fingerprint density at radius 2 is 2.06 bits per heavy atom. The largest absolute Gasteiger partial charge is 0.416 e. The Hall–Kier alpha value is -2.94. The average molecular weight is 435 g/mol. The Labute approximate surface area is 178 Å². The number of amides is 2. The van der Waals surface area contributed by atoms with Crippen LogP contribution in [-0.4, -0.2) is 53.4 Å². The van der Waals surface area contributed by atoms with Crippen molar-refractivity contribution < 1.29 is 27.5 Å². The third kappa shape index (κ3) is 6.04. The van der Waals surface area contributed by atoms with Crippen molar-refractivity contribution >= 4 is 11.8 Å². The molecule has 1 aliphatic heterocycles. The summed E-state index contributed by atoms with van der Waals surface area (Å²) >= 11 is 0. The molecule has 1 aliphatic rings. The Morgan fingerprint density at radius 3 is 2.74 bits per heavy atom. The number of methoxy groups -OCH3 is 1. The maximum Gasteiger partial charge on any atom is 0.416 e. The molecule has 9 heteroatoms. The summed E-state index contributed by atoms with van der Waals surface area (Å²) in [6, 6.07) is 10.3. The number of likely N-dealkylation sites (tertiary alicyclic amines) is 1. The Kier molecular flexibility index (Phi) is 7.27. The fraction of sp³-hybridized carbons (Fsp3) is 0.409. The van der Waals surface area contributed by atoms with E-state index in [2.05, 4.69) is 4.98 Å². The summed E-state index contributed by atoms with van der Waals surface area (Å²) < 4.78 is 43.9. The van der Waals surface area contributed by atoms with E-state index in [0.29, 0.717) is 25.3 Å². The molecule has 1 fully saturated rings. The van der Waals surface area contributed by atoms with Crippen molar-refractivity contribution in [2.24, 2.45) is 5.92 Å². The molecule has 2 amide bonds. The topological polar surface area (TPSA) is 62.7 Å². The maximum absolute atomic E-state index is 13.1. The first kappa shape index (κ1) is 22.7. The number of pyridine rings is 1. The van der Waals surface area contributed by atoms with E-state index < -0.39 is 17.7 Å². The molecule has 0 saturated carbocycles. The van der Waals surface area contributed by atoms with Gasteiger partial charge in [-0.3, -0.25) is 14.6 Å². The minimum Gasteiger partial charge on any atom is -0.383 e. The predicted octanol–water partition coefficient (Wildman–Crippen LogP) is 3.12. The molecule has 2 heterocycles. The van der Waals surface area contributed by atoms with Crippen LogP contribution in [0.4, 0.5) is 13.2 Å². The van der Waals surface area contributed by atoms with Crippen molar-refractivity contribution in [1.29, 1.82) is 0 Å². The highest BCUT2D eigenvalue weighted by Crippen LogP contribution is 2.30. The lowest BCUT2D eigenvalue weighted by Crippen LogP contribution is -2.39. The molecular formula is C22H24F3N3O3. The van der Waals surface area contributed by atoms with E-state index >= 15 is 0 Å². The third-order valence-electron chi connectivity index (χ3n) is 5.15. The van der Waals surface area contributed by atoms with E-state index in [1.54, 1.807) is 30.3 Å². The zero-order valence-corrected chi connectivity index (χ0v) is 17.1. The van der Waals surface area contributed by atoms with Crippen LogP contribution < -0.4 is 0 Å². The summed E-state index contributed by atoms with van der Waals surface area (Å²) in [6.45, 7) is 1.18. The molecule has 0 N–H and O–H groups in total. The number of alkyl halides is 3. The van der Waals surface area contributed by atoms with Gasteiger partial charge in [-0.05, 0) is 29.8 Å². The molecule has 1 aromatic carbocycles. The van der Waals surface area contributed by atoms with Gasteiger partial charge < -0.3 is 14.5 Å². The molecule has 6 nitrogen and oxygen atoms in total. The predicted molar refractivity (Wildman–Crippen MR) is 106 cm³/mol. The van der Waals surface area contributed by atoms with Gasteiger partial charge in [0.05, 0.1) is 30.3 Å². The monoisotopic (exact) mass is 435 g/mol. The second-order valence-electron chi connectivity index (χ2n) is 7.45. The van der Waals surface area contributed by atoms with Crippen LogP contribution in [0.2, 0.25) is 0 Å². The van der Waals surface area contributed by atoms with Crippen LogP contribution in [0.3, 0.4) is 0 Å². The number of ether oxygens (including phenoxy) is 1. The Balaban J connectivity index is 1.68. The lowest BCUT2D eigenvalue weighted by molar-refractivity contribution is -0.138. The second kappa shape index (κ2) is 9.91. The van der Waals surface area contributed by atoms with Gasteiger partial charge in [-0.15, -0.1) is 0 Å². The van der Waals surface area contributed by atoms with Gasteiger partial charge in [-0.1, -0.05) is 18.2 Å². The molecule has 166 valence electrons. The first-order valence-corrected chi connectivity index (χ1v) is 9.89. The van der Waals surface area contributed by atoms with E-state index in [1.165, 1.54) is 11.0 Å². The van der Waals surface area contributed by atoms with Crippen LogP contribution in [0.1, 0.15) is 23.2 Å². The van der Waals surface area contributed by atoms with Gasteiger partial charge in [0.25, 0.3) is 0 Å². The highest BCUT2D eigenvalue weighted by Gasteiger charge is 2.37. The molecule has 1 unspecified atom stereocenters. The van der Waals surface area contributed by atoms with Crippen LogP contribution in [0.25, 0.3) is 0 Å². The SMILES string of the molecule is COCCN(Cc1ccccn1)C(=O)C1CC(=O)N(Cc2cccc(C(F)(F)F)c2)C1. The van der Waals surface area contributed by atoms with Crippen molar-refractivity contribution in [2.45, 2.75) is 25.7 Å². The molecule has 3 rings (SSSR count). The summed E-state index contributed by atoms with van der Waals surface area (Å²) in [5, 5.41) is 0. The number of hydrogen-bond acceptors (Lipinski definition) is 4. The molecule has 1 atom stereocenters. The number of rotatable bonds is 8. The summed E-state index contributed by atoms with van der Waals surface area (Å²) in [6.07, 6.45) is -2.77. The number of halogens is 3. The van der Waals surface area contributed by atoms with Crippen molar-refractivity contribution in [3.63, 3.8) is 0 Å². The quantitative estimate of drug-likeness (QED) is 0.639. The van der Waals surface area contributed by atoms with Gasteiger partial charge in [-0.25, -0.2) is 0 Å². The van der Waals surface area contributed by atoms with E-state index in [0.717, 1.165) is 17.8 Å². The first-order chi connectivity index (χ1) is 14.8. The summed E-state index contributed by atoms with van der Waals surface area (Å²) in [7, 11) is 1.54. The van der Waals surface area contributed by atoms with E-state index in [4.69, 9.17) is 4.74 Å². The molecule has 2 aromatic rings. The van der Waals surface area contributed by atoms with Gasteiger partial charge in [-0.2, -0.15) is 13.2 Å². The van der Waals surface area contributed by atoms with Gasteiger partial charge in [0.2, 0.25) is 11.8 Å². The Morgan fingerprint density at radius 1 is 1.26 bits per heavy atom. The number of benzene rings is 1. The zero-order chi connectivity index (χ0) is 22.4. The lowest BCUT2D eigenvalue weighted by atomic mass is 10.1. The fourth-order valence-corrected chi connectivity index (χ4v) is 3.57. The van der Waals surface area contributed by atoms with E-state index in [-0.39, 0.29) is 31.3 Å². The minimum atomic E-state index is -4.45. The zero-order valence-electron chi connectivity index (χ0n) is 17.1. The summed E-state index contributed by atoms with van der Waals surface area (Å²) in [4.78, 5) is 32.9. The molecule has 0 spiro atoms. The molecule has 1 saturated heterocycles. The maximum atomic E-state index is 13.1. The van der Waals surface area contributed by atoms with Crippen molar-refractivity contribution in [2.75, 3.05) is 26.8 Å². The molecule has 0 radical (unpaired) electrons. The van der Waals surface area contributed by atoms with E-state index in [9.17, 15) is 22.8 Å². The third-order valence-corrected chi connectivity index (χ3v) is 5.15. The number of nitrogens with zero attached hydrogens (tertiary/aromatic N) is 3.